The van der Waals surface area contributed by atoms with Gasteiger partial charge < -0.3 is 5.32 Å². The summed E-state index contributed by atoms with van der Waals surface area (Å²) in [5, 5.41) is 3.33. The van der Waals surface area contributed by atoms with Crippen molar-refractivity contribution in [2.45, 2.75) is 12.5 Å². The molecule has 0 aromatic heterocycles. The molecule has 1 aliphatic heterocycles. The van der Waals surface area contributed by atoms with E-state index in [-0.39, 0.29) is 0 Å². The largest absolute Gasteiger partial charge is 0.310 e. The van der Waals surface area contributed by atoms with Crippen LogP contribution in [0.3, 0.4) is 0 Å². The van der Waals surface area contributed by atoms with Crippen LogP contribution >= 0.6 is 0 Å². The molecule has 0 saturated carbocycles. The number of hydrogen-bond donors (Lipinski definition) is 1. The van der Waals surface area contributed by atoms with E-state index in [0.29, 0.717) is 6.04 Å². The molecular formula is C9H10N. The maximum absolute atomic E-state index is 3.33. The molecule has 1 saturated heterocycles. The van der Waals surface area contributed by atoms with Crippen molar-refractivity contribution >= 4 is 0 Å². The number of nitrogens with one attached hydrogen (secondary N) is 1. The standard InChI is InChI=1S/C9H10N/c1-2-4-8(5-3-1)9-6-7-10-9/h1-4,9-10H,6-7H2. The maximum Gasteiger partial charge on any atom is 0.0338 e. The molecule has 1 aliphatic rings. The van der Waals surface area contributed by atoms with E-state index in [1.807, 2.05) is 12.1 Å². The highest BCUT2D eigenvalue weighted by Crippen LogP contribution is 2.20. The van der Waals surface area contributed by atoms with Crippen LogP contribution in [-0.2, 0) is 0 Å². The van der Waals surface area contributed by atoms with Crippen LogP contribution < -0.4 is 5.32 Å². The summed E-state index contributed by atoms with van der Waals surface area (Å²) in [7, 11) is 0. The van der Waals surface area contributed by atoms with E-state index in [0.717, 1.165) is 6.54 Å². The van der Waals surface area contributed by atoms with Gasteiger partial charge in [0.1, 0.15) is 0 Å². The first kappa shape index (κ1) is 5.93. The van der Waals surface area contributed by atoms with Gasteiger partial charge in [0.2, 0.25) is 0 Å². The third-order valence-corrected chi connectivity index (χ3v) is 1.93. The van der Waals surface area contributed by atoms with Crippen LogP contribution in [0.2, 0.25) is 0 Å². The van der Waals surface area contributed by atoms with Crippen molar-refractivity contribution in [3.8, 4) is 0 Å². The van der Waals surface area contributed by atoms with Gasteiger partial charge >= 0.3 is 0 Å². The molecule has 1 aromatic rings. The van der Waals surface area contributed by atoms with Crippen molar-refractivity contribution in [2.75, 3.05) is 6.54 Å². The third kappa shape index (κ3) is 0.929. The zero-order chi connectivity index (χ0) is 6.81. The second-order valence-corrected chi connectivity index (χ2v) is 2.61. The van der Waals surface area contributed by atoms with Gasteiger partial charge in [-0.2, -0.15) is 0 Å². The normalized spacial score (nSPS) is 23.8. The Labute approximate surface area is 61.1 Å². The molecule has 10 heavy (non-hydrogen) atoms. The van der Waals surface area contributed by atoms with E-state index in [9.17, 15) is 0 Å². The Balaban J connectivity index is 2.18. The topological polar surface area (TPSA) is 12.0 Å². The fourth-order valence-electron chi connectivity index (χ4n) is 1.18. The van der Waals surface area contributed by atoms with Gasteiger partial charge in [0.25, 0.3) is 0 Å². The molecule has 0 bridgehead atoms. The minimum atomic E-state index is 0.584. The highest BCUT2D eigenvalue weighted by Gasteiger charge is 2.17. The lowest BCUT2D eigenvalue weighted by Gasteiger charge is -2.27. The van der Waals surface area contributed by atoms with Crippen molar-refractivity contribution in [1.29, 1.82) is 0 Å². The summed E-state index contributed by atoms with van der Waals surface area (Å²) in [6, 6.07) is 11.9. The van der Waals surface area contributed by atoms with Gasteiger partial charge in [-0.1, -0.05) is 24.3 Å². The summed E-state index contributed by atoms with van der Waals surface area (Å²) in [5.74, 6) is 0. The Kier molecular flexibility index (Phi) is 1.44. The van der Waals surface area contributed by atoms with E-state index < -0.39 is 0 Å². The van der Waals surface area contributed by atoms with E-state index in [1.165, 1.54) is 12.0 Å². The van der Waals surface area contributed by atoms with Crippen molar-refractivity contribution in [2.24, 2.45) is 0 Å². The summed E-state index contributed by atoms with van der Waals surface area (Å²) in [6.45, 7) is 1.16. The highest BCUT2D eigenvalue weighted by atomic mass is 15.0. The predicted octanol–water partition coefficient (Wildman–Crippen LogP) is 1.52. The van der Waals surface area contributed by atoms with Gasteiger partial charge in [0.05, 0.1) is 0 Å². The molecule has 0 aliphatic carbocycles. The van der Waals surface area contributed by atoms with Gasteiger partial charge in [-0.05, 0) is 24.6 Å². The Bertz CT molecular complexity index is 201. The molecule has 1 heterocycles. The monoisotopic (exact) mass is 132 g/mol. The fourth-order valence-corrected chi connectivity index (χ4v) is 1.18. The highest BCUT2D eigenvalue weighted by molar-refractivity contribution is 5.18. The van der Waals surface area contributed by atoms with E-state index in [2.05, 4.69) is 23.5 Å². The lowest BCUT2D eigenvalue weighted by molar-refractivity contribution is 0.383. The van der Waals surface area contributed by atoms with Crippen LogP contribution in [0.1, 0.15) is 18.0 Å². The minimum Gasteiger partial charge on any atom is -0.310 e. The first-order valence-corrected chi connectivity index (χ1v) is 3.67. The SMILES string of the molecule is [c]1ccccc1C1CCN1. The third-order valence-electron chi connectivity index (χ3n) is 1.93. The Morgan fingerprint density at radius 3 is 2.90 bits per heavy atom. The second-order valence-electron chi connectivity index (χ2n) is 2.61. The van der Waals surface area contributed by atoms with Crippen LogP contribution in [0.25, 0.3) is 0 Å². The number of rotatable bonds is 1. The Hall–Kier alpha value is -0.820. The summed E-state index contributed by atoms with van der Waals surface area (Å²) in [6.07, 6.45) is 1.26. The molecule has 2 rings (SSSR count). The van der Waals surface area contributed by atoms with Crippen LogP contribution in [0, 0.1) is 6.07 Å². The molecule has 0 amide bonds. The average Bonchev–Trinajstić information content (AvgIpc) is 1.86. The molecule has 1 fully saturated rings. The summed E-state index contributed by atoms with van der Waals surface area (Å²) in [5.41, 5.74) is 1.30. The van der Waals surface area contributed by atoms with Crippen molar-refractivity contribution in [1.82, 2.24) is 5.32 Å². The lowest BCUT2D eigenvalue weighted by atomic mass is 9.98. The van der Waals surface area contributed by atoms with Gasteiger partial charge in [-0.15, -0.1) is 0 Å². The second kappa shape index (κ2) is 2.43. The average molecular weight is 132 g/mol. The summed E-state index contributed by atoms with van der Waals surface area (Å²) < 4.78 is 0. The molecule has 1 unspecified atom stereocenters. The number of benzene rings is 1. The first-order chi connectivity index (χ1) is 4.97. The molecule has 1 heteroatoms. The molecule has 1 N–H and O–H groups in total. The van der Waals surface area contributed by atoms with Gasteiger partial charge in [-0.25, -0.2) is 0 Å². The summed E-state index contributed by atoms with van der Waals surface area (Å²) in [4.78, 5) is 0. The zero-order valence-corrected chi connectivity index (χ0v) is 5.80. The van der Waals surface area contributed by atoms with Crippen molar-refractivity contribution in [3.05, 3.63) is 35.9 Å². The quantitative estimate of drug-likeness (QED) is 0.611. The molecule has 1 atom stereocenters. The smallest absolute Gasteiger partial charge is 0.0338 e. The zero-order valence-electron chi connectivity index (χ0n) is 5.80. The molecule has 51 valence electrons. The van der Waals surface area contributed by atoms with Crippen LogP contribution in [0.5, 0.6) is 0 Å². The van der Waals surface area contributed by atoms with Gasteiger partial charge in [0.15, 0.2) is 0 Å². The molecular weight excluding hydrogens is 122 g/mol. The van der Waals surface area contributed by atoms with E-state index in [4.69, 9.17) is 0 Å². The fraction of sp³-hybridized carbons (Fsp3) is 0.333. The Morgan fingerprint density at radius 2 is 2.40 bits per heavy atom. The minimum absolute atomic E-state index is 0.584. The van der Waals surface area contributed by atoms with Crippen LogP contribution in [-0.4, -0.2) is 6.54 Å². The van der Waals surface area contributed by atoms with Crippen molar-refractivity contribution in [3.63, 3.8) is 0 Å². The van der Waals surface area contributed by atoms with Gasteiger partial charge in [0, 0.05) is 6.04 Å². The lowest BCUT2D eigenvalue weighted by Crippen LogP contribution is -2.34. The molecule has 1 aromatic carbocycles. The first-order valence-electron chi connectivity index (χ1n) is 3.67. The molecule has 1 nitrogen and oxygen atoms in total. The predicted molar refractivity (Wildman–Crippen MR) is 40.6 cm³/mol. The maximum atomic E-state index is 3.33. The van der Waals surface area contributed by atoms with E-state index in [1.54, 1.807) is 0 Å². The Morgan fingerprint density at radius 1 is 1.50 bits per heavy atom. The number of hydrogen-bond acceptors (Lipinski definition) is 1. The molecule has 0 spiro atoms. The van der Waals surface area contributed by atoms with E-state index >= 15 is 0 Å². The molecule has 1 radical (unpaired) electrons. The van der Waals surface area contributed by atoms with Crippen LogP contribution in [0.15, 0.2) is 24.3 Å². The van der Waals surface area contributed by atoms with Crippen LogP contribution in [0.4, 0.5) is 0 Å². The van der Waals surface area contributed by atoms with Gasteiger partial charge in [-0.3, -0.25) is 0 Å². The van der Waals surface area contributed by atoms with Crippen molar-refractivity contribution < 1.29 is 0 Å². The summed E-state index contributed by atoms with van der Waals surface area (Å²) >= 11 is 0.